The highest BCUT2D eigenvalue weighted by Crippen LogP contribution is 2.11. The van der Waals surface area contributed by atoms with E-state index in [1.165, 1.54) is 37.8 Å². The van der Waals surface area contributed by atoms with Crippen LogP contribution in [0.15, 0.2) is 16.8 Å². The summed E-state index contributed by atoms with van der Waals surface area (Å²) in [5.41, 5.74) is 1.17. The third kappa shape index (κ3) is 5.73. The smallest absolute Gasteiger partial charge is 0.0547 e. The van der Waals surface area contributed by atoms with Crippen LogP contribution in [-0.4, -0.2) is 18.9 Å². The second-order valence-corrected chi connectivity index (χ2v) is 4.22. The van der Waals surface area contributed by atoms with Gasteiger partial charge in [0.1, 0.15) is 0 Å². The third-order valence-corrected chi connectivity index (χ3v) is 2.73. The first-order valence-electron chi connectivity index (χ1n) is 6.17. The van der Waals surface area contributed by atoms with Crippen molar-refractivity contribution in [3.8, 4) is 0 Å². The number of ether oxygens (including phenoxy) is 1. The zero-order chi connectivity index (χ0) is 10.9. The van der Waals surface area contributed by atoms with E-state index in [0.29, 0.717) is 6.10 Å². The summed E-state index contributed by atoms with van der Waals surface area (Å²) in [6, 6.07) is 0. The maximum atomic E-state index is 5.71. The molecule has 0 radical (unpaired) electrons. The van der Waals surface area contributed by atoms with Crippen molar-refractivity contribution >= 4 is 6.21 Å². The molecule has 0 aromatic heterocycles. The van der Waals surface area contributed by atoms with Gasteiger partial charge >= 0.3 is 0 Å². The van der Waals surface area contributed by atoms with E-state index < -0.39 is 0 Å². The number of hydrogen-bond acceptors (Lipinski definition) is 2. The van der Waals surface area contributed by atoms with Gasteiger partial charge in [0.2, 0.25) is 0 Å². The molecule has 0 amide bonds. The summed E-state index contributed by atoms with van der Waals surface area (Å²) in [6.07, 6.45) is 11.8. The van der Waals surface area contributed by atoms with Gasteiger partial charge in [-0.1, -0.05) is 32.6 Å². The molecule has 0 spiro atoms. The van der Waals surface area contributed by atoms with E-state index in [0.717, 1.165) is 13.0 Å². The molecule has 2 nitrogen and oxygen atoms in total. The van der Waals surface area contributed by atoms with Crippen LogP contribution in [0.5, 0.6) is 0 Å². The van der Waals surface area contributed by atoms with Gasteiger partial charge in [-0.05, 0) is 19.4 Å². The molecule has 0 aromatic carbocycles. The van der Waals surface area contributed by atoms with Crippen molar-refractivity contribution in [1.82, 2.24) is 0 Å². The van der Waals surface area contributed by atoms with Gasteiger partial charge in [0, 0.05) is 18.3 Å². The second-order valence-electron chi connectivity index (χ2n) is 4.22. The van der Waals surface area contributed by atoms with Crippen LogP contribution in [0.1, 0.15) is 52.4 Å². The summed E-state index contributed by atoms with van der Waals surface area (Å²) < 4.78 is 5.71. The normalized spacial score (nSPS) is 16.0. The molecule has 0 unspecified atom stereocenters. The first-order valence-corrected chi connectivity index (χ1v) is 6.17. The Balaban J connectivity index is 1.86. The fraction of sp³-hybridized carbons (Fsp3) is 0.769. The van der Waals surface area contributed by atoms with Gasteiger partial charge in [-0.15, -0.1) is 0 Å². The van der Waals surface area contributed by atoms with E-state index in [1.807, 2.05) is 6.21 Å². The first-order chi connectivity index (χ1) is 7.33. The average molecular weight is 209 g/mol. The lowest BCUT2D eigenvalue weighted by Crippen LogP contribution is -2.10. The van der Waals surface area contributed by atoms with Crippen molar-refractivity contribution in [2.45, 2.75) is 58.5 Å². The number of aliphatic imine (C=N–C) groups is 1. The SMILES string of the molecule is CCCCCC[C@H](C)OCCC1=CC=N1. The zero-order valence-electron chi connectivity index (χ0n) is 10.0. The van der Waals surface area contributed by atoms with Crippen LogP contribution < -0.4 is 0 Å². The monoisotopic (exact) mass is 209 g/mol. The first kappa shape index (κ1) is 12.4. The molecule has 1 atom stereocenters. The molecule has 15 heavy (non-hydrogen) atoms. The molecule has 0 N–H and O–H groups in total. The van der Waals surface area contributed by atoms with Gasteiger partial charge < -0.3 is 4.74 Å². The van der Waals surface area contributed by atoms with E-state index in [2.05, 4.69) is 24.9 Å². The number of nitrogens with zero attached hydrogens (tertiary/aromatic N) is 1. The number of unbranched alkanes of at least 4 members (excludes halogenated alkanes) is 3. The molecule has 1 rings (SSSR count). The summed E-state index contributed by atoms with van der Waals surface area (Å²) in [6.45, 7) is 5.23. The van der Waals surface area contributed by atoms with Crippen LogP contribution in [-0.2, 0) is 4.74 Å². The van der Waals surface area contributed by atoms with E-state index in [-0.39, 0.29) is 0 Å². The Morgan fingerprint density at radius 1 is 1.33 bits per heavy atom. The Morgan fingerprint density at radius 3 is 2.73 bits per heavy atom. The molecule has 0 aliphatic carbocycles. The topological polar surface area (TPSA) is 21.6 Å². The average Bonchev–Trinajstić information content (AvgIpc) is 2.17. The molecule has 0 aromatic rings. The standard InChI is InChI=1S/C13H23NO/c1-3-4-5-6-7-12(2)15-11-9-13-8-10-14-13/h8,10,12H,3-7,9,11H2,1-2H3/t12-/m0/s1. The molecular weight excluding hydrogens is 186 g/mol. The van der Waals surface area contributed by atoms with Crippen LogP contribution in [0.2, 0.25) is 0 Å². The summed E-state index contributed by atoms with van der Waals surface area (Å²) in [7, 11) is 0. The lowest BCUT2D eigenvalue weighted by atomic mass is 10.1. The molecule has 0 saturated heterocycles. The molecular formula is C13H23NO. The summed E-state index contributed by atoms with van der Waals surface area (Å²) >= 11 is 0. The number of rotatable bonds is 9. The van der Waals surface area contributed by atoms with E-state index in [4.69, 9.17) is 4.74 Å². The van der Waals surface area contributed by atoms with Crippen molar-refractivity contribution < 1.29 is 4.74 Å². The minimum Gasteiger partial charge on any atom is -0.378 e. The highest BCUT2D eigenvalue weighted by molar-refractivity contribution is 5.79. The van der Waals surface area contributed by atoms with Crippen molar-refractivity contribution in [3.05, 3.63) is 11.8 Å². The lowest BCUT2D eigenvalue weighted by molar-refractivity contribution is 0.0605. The highest BCUT2D eigenvalue weighted by Gasteiger charge is 2.04. The fourth-order valence-corrected chi connectivity index (χ4v) is 1.63. The van der Waals surface area contributed by atoms with Crippen LogP contribution in [0.4, 0.5) is 0 Å². The van der Waals surface area contributed by atoms with Crippen LogP contribution in [0.3, 0.4) is 0 Å². The highest BCUT2D eigenvalue weighted by atomic mass is 16.5. The van der Waals surface area contributed by atoms with E-state index in [9.17, 15) is 0 Å². The van der Waals surface area contributed by atoms with Crippen LogP contribution in [0, 0.1) is 0 Å². The molecule has 0 fully saturated rings. The molecule has 1 aliphatic heterocycles. The summed E-state index contributed by atoms with van der Waals surface area (Å²) in [5, 5.41) is 0. The molecule has 86 valence electrons. The largest absolute Gasteiger partial charge is 0.378 e. The Morgan fingerprint density at radius 2 is 2.13 bits per heavy atom. The van der Waals surface area contributed by atoms with Gasteiger partial charge in [0.25, 0.3) is 0 Å². The maximum absolute atomic E-state index is 5.71. The number of hydrogen-bond donors (Lipinski definition) is 0. The Labute approximate surface area is 93.4 Å². The summed E-state index contributed by atoms with van der Waals surface area (Å²) in [4.78, 5) is 4.11. The molecule has 1 heterocycles. The second kappa shape index (κ2) is 7.63. The Bertz CT molecular complexity index is 221. The quantitative estimate of drug-likeness (QED) is 0.530. The predicted octanol–water partition coefficient (Wildman–Crippen LogP) is 3.72. The maximum Gasteiger partial charge on any atom is 0.0547 e. The fourth-order valence-electron chi connectivity index (χ4n) is 1.63. The Hall–Kier alpha value is -0.630. The molecule has 0 saturated carbocycles. The van der Waals surface area contributed by atoms with Crippen LogP contribution >= 0.6 is 0 Å². The third-order valence-electron chi connectivity index (χ3n) is 2.73. The molecule has 1 aliphatic rings. The van der Waals surface area contributed by atoms with E-state index >= 15 is 0 Å². The van der Waals surface area contributed by atoms with Crippen molar-refractivity contribution in [2.24, 2.45) is 4.99 Å². The minimum atomic E-state index is 0.409. The van der Waals surface area contributed by atoms with Gasteiger partial charge in [0.15, 0.2) is 0 Å². The van der Waals surface area contributed by atoms with E-state index in [1.54, 1.807) is 0 Å². The predicted molar refractivity (Wildman–Crippen MR) is 65.4 cm³/mol. The summed E-state index contributed by atoms with van der Waals surface area (Å²) in [5.74, 6) is 0. The lowest BCUT2D eigenvalue weighted by Gasteiger charge is -2.13. The minimum absolute atomic E-state index is 0.409. The van der Waals surface area contributed by atoms with Crippen molar-refractivity contribution in [3.63, 3.8) is 0 Å². The molecule has 0 bridgehead atoms. The van der Waals surface area contributed by atoms with Crippen molar-refractivity contribution in [1.29, 1.82) is 0 Å². The molecule has 2 heteroatoms. The van der Waals surface area contributed by atoms with Crippen molar-refractivity contribution in [2.75, 3.05) is 6.61 Å². The van der Waals surface area contributed by atoms with Gasteiger partial charge in [-0.25, -0.2) is 0 Å². The van der Waals surface area contributed by atoms with Gasteiger partial charge in [-0.2, -0.15) is 0 Å². The zero-order valence-corrected chi connectivity index (χ0v) is 10.0. The van der Waals surface area contributed by atoms with Crippen LogP contribution in [0.25, 0.3) is 0 Å². The number of allylic oxidation sites excluding steroid dienone is 1. The van der Waals surface area contributed by atoms with Gasteiger partial charge in [0.05, 0.1) is 12.7 Å². The Kier molecular flexibility index (Phi) is 6.33. The van der Waals surface area contributed by atoms with Gasteiger partial charge in [-0.3, -0.25) is 4.99 Å².